The lowest BCUT2D eigenvalue weighted by Crippen LogP contribution is -2.56. The summed E-state index contributed by atoms with van der Waals surface area (Å²) in [6.45, 7) is 9.03. The Hall–Kier alpha value is -1.54. The zero-order valence-corrected chi connectivity index (χ0v) is 15.5. The number of rotatable bonds is 5. The van der Waals surface area contributed by atoms with Gasteiger partial charge in [-0.3, -0.25) is 19.3 Å². The number of hydrogen-bond donors (Lipinski definition) is 1. The normalized spacial score (nSPS) is 29.6. The van der Waals surface area contributed by atoms with E-state index in [9.17, 15) is 14.4 Å². The number of carbonyl (C=O) groups excluding carboxylic acids is 3. The number of nitrogens with one attached hydrogen (secondary N) is 1. The van der Waals surface area contributed by atoms with Crippen molar-refractivity contribution >= 4 is 29.5 Å². The first-order chi connectivity index (χ1) is 11.9. The van der Waals surface area contributed by atoms with Gasteiger partial charge in [0.15, 0.2) is 0 Å². The van der Waals surface area contributed by atoms with Crippen molar-refractivity contribution < 1.29 is 14.4 Å². The van der Waals surface area contributed by atoms with Crippen LogP contribution in [0.25, 0.3) is 0 Å². The largest absolute Gasteiger partial charge is 0.352 e. The molecular formula is C17H26N4O3S. The van der Waals surface area contributed by atoms with Gasteiger partial charge in [0.1, 0.15) is 6.04 Å². The predicted molar refractivity (Wildman–Crippen MR) is 97.0 cm³/mol. The van der Waals surface area contributed by atoms with Crippen molar-refractivity contribution in [3.63, 3.8) is 0 Å². The van der Waals surface area contributed by atoms with Crippen LogP contribution in [0.1, 0.15) is 19.8 Å². The molecule has 3 aliphatic heterocycles. The maximum Gasteiger partial charge on any atom is 0.246 e. The molecule has 3 heterocycles. The highest BCUT2D eigenvalue weighted by atomic mass is 32.2. The maximum atomic E-state index is 12.9. The van der Waals surface area contributed by atoms with Crippen molar-refractivity contribution in [2.75, 3.05) is 45.0 Å². The first-order valence-corrected chi connectivity index (χ1v) is 9.78. The van der Waals surface area contributed by atoms with Crippen LogP contribution in [0.4, 0.5) is 0 Å². The second kappa shape index (κ2) is 7.37. The van der Waals surface area contributed by atoms with Crippen LogP contribution in [-0.4, -0.2) is 88.4 Å². The number of hydrogen-bond acceptors (Lipinski definition) is 5. The van der Waals surface area contributed by atoms with Crippen LogP contribution >= 0.6 is 11.8 Å². The Morgan fingerprint density at radius 2 is 2.08 bits per heavy atom. The van der Waals surface area contributed by atoms with Crippen molar-refractivity contribution in [2.45, 2.75) is 30.7 Å². The average Bonchev–Trinajstić information content (AvgIpc) is 3.09. The lowest BCUT2D eigenvalue weighted by atomic mass is 10.2. The number of amides is 3. The SMILES string of the molecule is C=CCNC(=O)CN1CCN(C(=O)C2CSC3(C)CCC(=O)N23)CC1. The molecule has 7 nitrogen and oxygen atoms in total. The molecule has 0 aromatic heterocycles. The van der Waals surface area contributed by atoms with Crippen molar-refractivity contribution in [2.24, 2.45) is 0 Å². The van der Waals surface area contributed by atoms with E-state index in [1.54, 1.807) is 17.8 Å². The van der Waals surface area contributed by atoms with Crippen LogP contribution in [0, 0.1) is 0 Å². The van der Waals surface area contributed by atoms with Crippen molar-refractivity contribution in [1.82, 2.24) is 20.0 Å². The highest BCUT2D eigenvalue weighted by Gasteiger charge is 2.53. The fourth-order valence-electron chi connectivity index (χ4n) is 3.79. The van der Waals surface area contributed by atoms with E-state index in [1.807, 2.05) is 9.80 Å². The Morgan fingerprint density at radius 1 is 1.36 bits per heavy atom. The molecule has 0 saturated carbocycles. The number of thioether (sulfide) groups is 1. The summed E-state index contributed by atoms with van der Waals surface area (Å²) < 4.78 is 0. The minimum Gasteiger partial charge on any atom is -0.352 e. The van der Waals surface area contributed by atoms with Crippen LogP contribution in [0.3, 0.4) is 0 Å². The molecule has 0 aliphatic carbocycles. The lowest BCUT2D eigenvalue weighted by Gasteiger charge is -2.37. The first kappa shape index (κ1) is 18.3. The average molecular weight is 366 g/mol. The van der Waals surface area contributed by atoms with E-state index in [1.165, 1.54) is 0 Å². The van der Waals surface area contributed by atoms with Crippen LogP contribution in [0.5, 0.6) is 0 Å². The van der Waals surface area contributed by atoms with Gasteiger partial charge in [0.05, 0.1) is 11.4 Å². The molecule has 0 bridgehead atoms. The minimum absolute atomic E-state index is 0.0229. The predicted octanol–water partition coefficient (Wildman–Crippen LogP) is -0.113. The summed E-state index contributed by atoms with van der Waals surface area (Å²) in [5, 5.41) is 2.77. The number of nitrogens with zero attached hydrogens (tertiary/aromatic N) is 3. The Labute approximate surface area is 152 Å². The molecular weight excluding hydrogens is 340 g/mol. The molecule has 0 spiro atoms. The van der Waals surface area contributed by atoms with Crippen LogP contribution in [-0.2, 0) is 14.4 Å². The van der Waals surface area contributed by atoms with Crippen molar-refractivity contribution in [3.8, 4) is 0 Å². The van der Waals surface area contributed by atoms with Crippen molar-refractivity contribution in [1.29, 1.82) is 0 Å². The highest BCUT2D eigenvalue weighted by molar-refractivity contribution is 8.01. The van der Waals surface area contributed by atoms with E-state index in [4.69, 9.17) is 0 Å². The zero-order chi connectivity index (χ0) is 18.0. The summed E-state index contributed by atoms with van der Waals surface area (Å²) in [4.78, 5) is 42.4. The molecule has 0 aromatic carbocycles. The molecule has 8 heteroatoms. The van der Waals surface area contributed by atoms with E-state index < -0.39 is 0 Å². The van der Waals surface area contributed by atoms with E-state index in [2.05, 4.69) is 23.7 Å². The van der Waals surface area contributed by atoms with Gasteiger partial charge >= 0.3 is 0 Å². The van der Waals surface area contributed by atoms with Gasteiger partial charge in [-0.1, -0.05) is 6.08 Å². The summed E-state index contributed by atoms with van der Waals surface area (Å²) in [6.07, 6.45) is 3.02. The van der Waals surface area contributed by atoms with Crippen molar-refractivity contribution in [3.05, 3.63) is 12.7 Å². The van der Waals surface area contributed by atoms with Crippen LogP contribution in [0.15, 0.2) is 12.7 Å². The summed E-state index contributed by atoms with van der Waals surface area (Å²) in [7, 11) is 0. The summed E-state index contributed by atoms with van der Waals surface area (Å²) in [6, 6.07) is -0.326. The first-order valence-electron chi connectivity index (χ1n) is 8.79. The monoisotopic (exact) mass is 366 g/mol. The Morgan fingerprint density at radius 3 is 2.76 bits per heavy atom. The smallest absolute Gasteiger partial charge is 0.246 e. The van der Waals surface area contributed by atoms with E-state index in [0.29, 0.717) is 51.4 Å². The molecule has 1 N–H and O–H groups in total. The molecule has 0 radical (unpaired) electrons. The van der Waals surface area contributed by atoms with Crippen LogP contribution < -0.4 is 5.32 Å². The van der Waals surface area contributed by atoms with Gasteiger partial charge in [0.2, 0.25) is 17.7 Å². The molecule has 3 amide bonds. The Kier molecular flexibility index (Phi) is 5.38. The molecule has 3 rings (SSSR count). The third kappa shape index (κ3) is 3.69. The highest BCUT2D eigenvalue weighted by Crippen LogP contribution is 2.47. The quantitative estimate of drug-likeness (QED) is 0.687. The number of piperazine rings is 1. The molecule has 0 aromatic rings. The Balaban J connectivity index is 1.51. The molecule has 138 valence electrons. The van der Waals surface area contributed by atoms with Gasteiger partial charge in [-0.2, -0.15) is 0 Å². The van der Waals surface area contributed by atoms with Crippen LogP contribution in [0.2, 0.25) is 0 Å². The number of fused-ring (bicyclic) bond motifs is 1. The molecule has 2 unspecified atom stereocenters. The molecule has 2 atom stereocenters. The lowest BCUT2D eigenvalue weighted by molar-refractivity contribution is -0.145. The van der Waals surface area contributed by atoms with Gasteiger partial charge in [0.25, 0.3) is 0 Å². The molecule has 3 saturated heterocycles. The second-order valence-corrected chi connectivity index (χ2v) is 8.46. The maximum absolute atomic E-state index is 12.9. The third-order valence-corrected chi connectivity index (χ3v) is 6.73. The number of carbonyl (C=O) groups is 3. The topological polar surface area (TPSA) is 73.0 Å². The fraction of sp³-hybridized carbons (Fsp3) is 0.706. The second-order valence-electron chi connectivity index (χ2n) is 6.96. The summed E-state index contributed by atoms with van der Waals surface area (Å²) >= 11 is 1.72. The van der Waals surface area contributed by atoms with Gasteiger partial charge in [-0.05, 0) is 13.3 Å². The fourth-order valence-corrected chi connectivity index (χ4v) is 5.21. The van der Waals surface area contributed by atoms with Gasteiger partial charge in [-0.15, -0.1) is 18.3 Å². The van der Waals surface area contributed by atoms with E-state index in [-0.39, 0.29) is 28.6 Å². The summed E-state index contributed by atoms with van der Waals surface area (Å²) in [5.41, 5.74) is 0. The summed E-state index contributed by atoms with van der Waals surface area (Å²) in [5.74, 6) is 0.821. The molecule has 3 aliphatic rings. The third-order valence-electron chi connectivity index (χ3n) is 5.22. The molecule has 25 heavy (non-hydrogen) atoms. The minimum atomic E-state index is -0.326. The zero-order valence-electron chi connectivity index (χ0n) is 14.7. The standard InChI is InChI=1S/C17H26N4O3S/c1-3-6-18-14(22)11-19-7-9-20(10-8-19)16(24)13-12-25-17(2)5-4-15(23)21(13)17/h3,13H,1,4-12H2,2H3,(H,18,22). The van der Waals surface area contributed by atoms with Gasteiger partial charge < -0.3 is 15.1 Å². The van der Waals surface area contributed by atoms with Gasteiger partial charge in [0, 0.05) is 44.9 Å². The van der Waals surface area contributed by atoms with E-state index in [0.717, 1.165) is 6.42 Å². The Bertz CT molecular complexity index is 576. The molecule has 3 fully saturated rings. The van der Waals surface area contributed by atoms with E-state index >= 15 is 0 Å². The van der Waals surface area contributed by atoms with Gasteiger partial charge in [-0.25, -0.2) is 0 Å².